The summed E-state index contributed by atoms with van der Waals surface area (Å²) in [4.78, 5) is 4.38. The summed E-state index contributed by atoms with van der Waals surface area (Å²) in [7, 11) is 0. The summed E-state index contributed by atoms with van der Waals surface area (Å²) in [6.07, 6.45) is 4.14. The van der Waals surface area contributed by atoms with Gasteiger partial charge in [-0.2, -0.15) is 5.26 Å². The highest BCUT2D eigenvalue weighted by molar-refractivity contribution is 5.52. The molecule has 15 heavy (non-hydrogen) atoms. The average molecular weight is 199 g/mol. The van der Waals surface area contributed by atoms with Gasteiger partial charge in [0, 0.05) is 24.6 Å². The van der Waals surface area contributed by atoms with E-state index >= 15 is 0 Å². The van der Waals surface area contributed by atoms with E-state index in [-0.39, 0.29) is 0 Å². The van der Waals surface area contributed by atoms with Gasteiger partial charge in [-0.05, 0) is 31.2 Å². The Balaban J connectivity index is 2.12. The van der Waals surface area contributed by atoms with Gasteiger partial charge in [-0.1, -0.05) is 0 Å². The molecular weight excluding hydrogens is 186 g/mol. The molecule has 0 spiro atoms. The second-order valence-corrected chi connectivity index (χ2v) is 3.47. The second-order valence-electron chi connectivity index (χ2n) is 3.47. The number of anilines is 1. The lowest BCUT2D eigenvalue weighted by atomic mass is 10.2. The smallest absolute Gasteiger partial charge is 0.0991 e. The Kier molecular flexibility index (Phi) is 2.59. The van der Waals surface area contributed by atoms with Gasteiger partial charge < -0.3 is 9.80 Å². The number of hydrogen-bond acceptors (Lipinski definition) is 3. The number of hydrogen-bond donors (Lipinski definition) is 0. The van der Waals surface area contributed by atoms with Gasteiger partial charge in [-0.3, -0.25) is 0 Å². The van der Waals surface area contributed by atoms with Crippen LogP contribution in [-0.2, 0) is 0 Å². The normalized spacial score (nSPS) is 14.4. The van der Waals surface area contributed by atoms with Crippen molar-refractivity contribution in [3.63, 3.8) is 0 Å². The first-order valence-corrected chi connectivity index (χ1v) is 5.02. The van der Waals surface area contributed by atoms with E-state index in [1.165, 1.54) is 0 Å². The molecule has 1 aliphatic rings. The Bertz CT molecular complexity index is 400. The zero-order chi connectivity index (χ0) is 10.7. The van der Waals surface area contributed by atoms with Crippen molar-refractivity contribution in [2.24, 2.45) is 0 Å². The van der Waals surface area contributed by atoms with Crippen LogP contribution in [0.3, 0.4) is 0 Å². The van der Waals surface area contributed by atoms with Crippen LogP contribution in [0, 0.1) is 11.3 Å². The summed E-state index contributed by atoms with van der Waals surface area (Å²) < 4.78 is 0. The predicted molar refractivity (Wildman–Crippen MR) is 60.0 cm³/mol. The third kappa shape index (κ3) is 1.94. The van der Waals surface area contributed by atoms with Gasteiger partial charge in [0.2, 0.25) is 0 Å². The highest BCUT2D eigenvalue weighted by Gasteiger charge is 2.11. The molecule has 1 heterocycles. The topological polar surface area (TPSA) is 30.3 Å². The Morgan fingerprint density at radius 3 is 2.53 bits per heavy atom. The quantitative estimate of drug-likeness (QED) is 0.731. The standard InChI is InChI=1S/C12H13N3/c1-2-14-7-8-15(10-14)12-5-3-11(9-13)4-6-12/h3-8H,2,10H2,1H3. The van der Waals surface area contributed by atoms with E-state index in [0.717, 1.165) is 18.9 Å². The molecule has 76 valence electrons. The van der Waals surface area contributed by atoms with Crippen LogP contribution in [-0.4, -0.2) is 18.1 Å². The van der Waals surface area contributed by atoms with Crippen LogP contribution in [0.25, 0.3) is 0 Å². The third-order valence-corrected chi connectivity index (χ3v) is 2.53. The second kappa shape index (κ2) is 4.05. The molecule has 0 aliphatic carbocycles. The van der Waals surface area contributed by atoms with Gasteiger partial charge in [0.05, 0.1) is 18.3 Å². The minimum atomic E-state index is 0.703. The molecule has 1 aromatic rings. The molecule has 1 aliphatic heterocycles. The highest BCUT2D eigenvalue weighted by atomic mass is 15.3. The summed E-state index contributed by atoms with van der Waals surface area (Å²) >= 11 is 0. The van der Waals surface area contributed by atoms with Crippen LogP contribution in [0.1, 0.15) is 12.5 Å². The average Bonchev–Trinajstić information content (AvgIpc) is 2.78. The van der Waals surface area contributed by atoms with Crippen LogP contribution in [0.5, 0.6) is 0 Å². The number of benzene rings is 1. The first kappa shape index (κ1) is 9.60. The van der Waals surface area contributed by atoms with Gasteiger partial charge in [0.15, 0.2) is 0 Å². The van der Waals surface area contributed by atoms with Gasteiger partial charge in [-0.15, -0.1) is 0 Å². The van der Waals surface area contributed by atoms with Crippen LogP contribution >= 0.6 is 0 Å². The Labute approximate surface area is 89.8 Å². The lowest BCUT2D eigenvalue weighted by Gasteiger charge is -2.19. The van der Waals surface area contributed by atoms with Crippen LogP contribution in [0.4, 0.5) is 5.69 Å². The summed E-state index contributed by atoms with van der Waals surface area (Å²) in [5, 5.41) is 8.69. The maximum atomic E-state index is 8.69. The van der Waals surface area contributed by atoms with Gasteiger partial charge in [-0.25, -0.2) is 0 Å². The molecule has 0 saturated carbocycles. The molecule has 2 rings (SSSR count). The minimum absolute atomic E-state index is 0.703. The molecular formula is C12H13N3. The number of nitrogens with zero attached hydrogens (tertiary/aromatic N) is 3. The van der Waals surface area contributed by atoms with Crippen molar-refractivity contribution in [1.29, 1.82) is 5.26 Å². The van der Waals surface area contributed by atoms with Gasteiger partial charge >= 0.3 is 0 Å². The minimum Gasteiger partial charge on any atom is -0.359 e. The zero-order valence-electron chi connectivity index (χ0n) is 8.72. The zero-order valence-corrected chi connectivity index (χ0v) is 8.72. The molecule has 0 bridgehead atoms. The third-order valence-electron chi connectivity index (χ3n) is 2.53. The van der Waals surface area contributed by atoms with E-state index in [2.05, 4.69) is 35.2 Å². The fraction of sp³-hybridized carbons (Fsp3) is 0.250. The number of rotatable bonds is 2. The van der Waals surface area contributed by atoms with Crippen molar-refractivity contribution in [1.82, 2.24) is 4.90 Å². The number of nitriles is 1. The maximum absolute atomic E-state index is 8.69. The van der Waals surface area contributed by atoms with Crippen LogP contribution in [0.15, 0.2) is 36.7 Å². The molecule has 0 amide bonds. The Hall–Kier alpha value is -1.95. The van der Waals surface area contributed by atoms with E-state index in [4.69, 9.17) is 5.26 Å². The molecule has 0 atom stereocenters. The monoisotopic (exact) mass is 199 g/mol. The van der Waals surface area contributed by atoms with E-state index < -0.39 is 0 Å². The summed E-state index contributed by atoms with van der Waals surface area (Å²) in [6.45, 7) is 4.04. The van der Waals surface area contributed by atoms with Crippen molar-refractivity contribution >= 4 is 5.69 Å². The predicted octanol–water partition coefficient (Wildman–Crippen LogP) is 2.13. The van der Waals surface area contributed by atoms with E-state index in [1.54, 1.807) is 0 Å². The lowest BCUT2D eigenvalue weighted by molar-refractivity contribution is 0.429. The molecule has 0 fully saturated rings. The molecule has 0 unspecified atom stereocenters. The van der Waals surface area contributed by atoms with Crippen molar-refractivity contribution in [2.45, 2.75) is 6.92 Å². The first-order valence-electron chi connectivity index (χ1n) is 5.02. The highest BCUT2D eigenvalue weighted by Crippen LogP contribution is 2.19. The molecule has 0 radical (unpaired) electrons. The van der Waals surface area contributed by atoms with E-state index in [9.17, 15) is 0 Å². The molecule has 1 aromatic carbocycles. The van der Waals surface area contributed by atoms with Crippen molar-refractivity contribution in [2.75, 3.05) is 18.1 Å². The molecule has 0 aromatic heterocycles. The van der Waals surface area contributed by atoms with Crippen molar-refractivity contribution in [3.05, 3.63) is 42.2 Å². The van der Waals surface area contributed by atoms with Gasteiger partial charge in [0.25, 0.3) is 0 Å². The molecule has 3 heteroatoms. The van der Waals surface area contributed by atoms with Gasteiger partial charge in [0.1, 0.15) is 0 Å². The Morgan fingerprint density at radius 1 is 1.27 bits per heavy atom. The van der Waals surface area contributed by atoms with Crippen molar-refractivity contribution in [3.8, 4) is 6.07 Å². The van der Waals surface area contributed by atoms with Crippen LogP contribution < -0.4 is 4.90 Å². The SMILES string of the molecule is CCN1C=CN(c2ccc(C#N)cc2)C1. The van der Waals surface area contributed by atoms with Crippen LogP contribution in [0.2, 0.25) is 0 Å². The maximum Gasteiger partial charge on any atom is 0.0991 e. The van der Waals surface area contributed by atoms with E-state index in [0.29, 0.717) is 5.56 Å². The van der Waals surface area contributed by atoms with Crippen molar-refractivity contribution < 1.29 is 0 Å². The molecule has 0 saturated heterocycles. The molecule has 3 nitrogen and oxygen atoms in total. The lowest BCUT2D eigenvalue weighted by Crippen LogP contribution is -2.24. The first-order chi connectivity index (χ1) is 7.33. The summed E-state index contributed by atoms with van der Waals surface area (Å²) in [5.41, 5.74) is 1.83. The summed E-state index contributed by atoms with van der Waals surface area (Å²) in [5.74, 6) is 0. The fourth-order valence-corrected chi connectivity index (χ4v) is 1.57. The largest absolute Gasteiger partial charge is 0.359 e. The molecule has 0 N–H and O–H groups in total. The fourth-order valence-electron chi connectivity index (χ4n) is 1.57. The van der Waals surface area contributed by atoms with E-state index in [1.807, 2.05) is 24.3 Å². The Morgan fingerprint density at radius 2 is 2.00 bits per heavy atom. The summed E-state index contributed by atoms with van der Waals surface area (Å²) in [6, 6.07) is 9.76.